The summed E-state index contributed by atoms with van der Waals surface area (Å²) in [5.74, 6) is -0.0248. The molecule has 0 spiro atoms. The van der Waals surface area contributed by atoms with Gasteiger partial charge in [0.15, 0.2) is 0 Å². The molecule has 1 aliphatic heterocycles. The number of hydrogen-bond donors (Lipinski definition) is 3. The van der Waals surface area contributed by atoms with Crippen LogP contribution in [0.2, 0.25) is 0 Å². The Morgan fingerprint density at radius 2 is 1.81 bits per heavy atom. The number of nitrogens with zero attached hydrogens (tertiary/aromatic N) is 2. The molecule has 0 bridgehead atoms. The summed E-state index contributed by atoms with van der Waals surface area (Å²) in [5.41, 5.74) is 12.9. The molecule has 2 heterocycles. The third-order valence-electron chi connectivity index (χ3n) is 6.66. The molecule has 3 aromatic carbocycles. The second-order valence-corrected chi connectivity index (χ2v) is 9.30. The number of nitrogens with two attached hydrogens (primary N) is 1. The molecular weight excluding hydrogens is 450 g/mol. The van der Waals surface area contributed by atoms with Crippen molar-refractivity contribution in [1.82, 2.24) is 20.2 Å². The molecule has 7 heteroatoms. The molecule has 1 fully saturated rings. The first-order valence-corrected chi connectivity index (χ1v) is 12.6. The predicted octanol–water partition coefficient (Wildman–Crippen LogP) is 3.71. The largest absolute Gasteiger partial charge is 0.381 e. The summed E-state index contributed by atoms with van der Waals surface area (Å²) < 4.78 is 7.53. The SMILES string of the molecule is NCCNCc1ccc(-c2ccc3ncn(Cc4cccc(C(=O)NC5CCOCC5)c4)c3c2)cc1. The summed E-state index contributed by atoms with van der Waals surface area (Å²) in [6, 6.07) is 23.0. The van der Waals surface area contributed by atoms with Gasteiger partial charge in [0, 0.05) is 51.0 Å². The van der Waals surface area contributed by atoms with Gasteiger partial charge >= 0.3 is 0 Å². The molecule has 4 aromatic rings. The van der Waals surface area contributed by atoms with Crippen molar-refractivity contribution in [2.24, 2.45) is 5.73 Å². The van der Waals surface area contributed by atoms with E-state index in [0.717, 1.165) is 48.1 Å². The minimum atomic E-state index is -0.0248. The van der Waals surface area contributed by atoms with Crippen molar-refractivity contribution in [1.29, 1.82) is 0 Å². The number of carbonyl (C=O) groups excluding carboxylic acids is 1. The molecule has 1 aromatic heterocycles. The molecule has 0 atom stereocenters. The Hall–Kier alpha value is -3.52. The van der Waals surface area contributed by atoms with E-state index in [1.165, 1.54) is 11.1 Å². The van der Waals surface area contributed by atoms with E-state index in [2.05, 4.69) is 68.7 Å². The van der Waals surface area contributed by atoms with Crippen LogP contribution in [0.15, 0.2) is 73.1 Å². The van der Waals surface area contributed by atoms with Crippen LogP contribution >= 0.6 is 0 Å². The number of aromatic nitrogens is 2. The summed E-state index contributed by atoms with van der Waals surface area (Å²) in [6.07, 6.45) is 3.60. The summed E-state index contributed by atoms with van der Waals surface area (Å²) >= 11 is 0. The second-order valence-electron chi connectivity index (χ2n) is 9.30. The molecule has 0 radical (unpaired) electrons. The maximum Gasteiger partial charge on any atom is 0.251 e. The fraction of sp³-hybridized carbons (Fsp3) is 0.310. The average molecular weight is 484 g/mol. The molecule has 1 saturated heterocycles. The highest BCUT2D eigenvalue weighted by atomic mass is 16.5. The van der Waals surface area contributed by atoms with Gasteiger partial charge in [0.2, 0.25) is 0 Å². The summed E-state index contributed by atoms with van der Waals surface area (Å²) in [4.78, 5) is 17.4. The van der Waals surface area contributed by atoms with Gasteiger partial charge in [0.25, 0.3) is 5.91 Å². The zero-order chi connectivity index (χ0) is 24.7. The summed E-state index contributed by atoms with van der Waals surface area (Å²) in [7, 11) is 0. The predicted molar refractivity (Wildman–Crippen MR) is 143 cm³/mol. The van der Waals surface area contributed by atoms with Crippen molar-refractivity contribution < 1.29 is 9.53 Å². The number of carbonyl (C=O) groups is 1. The standard InChI is InChI=1S/C29H33N5O2/c30-12-13-31-18-21-4-6-23(7-5-21)24-8-9-27-28(17-24)34(20-32-27)19-22-2-1-3-25(16-22)29(35)33-26-10-14-36-15-11-26/h1-9,16-17,20,26,31H,10-15,18-19,30H2,(H,33,35). The van der Waals surface area contributed by atoms with Crippen LogP contribution in [0.1, 0.15) is 34.3 Å². The minimum absolute atomic E-state index is 0.0248. The Bertz CT molecular complexity index is 1310. The lowest BCUT2D eigenvalue weighted by atomic mass is 10.0. The lowest BCUT2D eigenvalue weighted by Crippen LogP contribution is -2.38. The van der Waals surface area contributed by atoms with Gasteiger partial charge in [-0.3, -0.25) is 4.79 Å². The summed E-state index contributed by atoms with van der Waals surface area (Å²) in [6.45, 7) is 4.32. The number of amides is 1. The van der Waals surface area contributed by atoms with Crippen LogP contribution in [0.5, 0.6) is 0 Å². The van der Waals surface area contributed by atoms with E-state index in [9.17, 15) is 4.79 Å². The number of imidazole rings is 1. The van der Waals surface area contributed by atoms with Gasteiger partial charge in [-0.2, -0.15) is 0 Å². The number of hydrogen-bond acceptors (Lipinski definition) is 5. The van der Waals surface area contributed by atoms with Crippen molar-refractivity contribution in [3.63, 3.8) is 0 Å². The number of rotatable bonds is 9. The van der Waals surface area contributed by atoms with Crippen molar-refractivity contribution in [3.8, 4) is 11.1 Å². The molecule has 1 aliphatic rings. The fourth-order valence-electron chi connectivity index (χ4n) is 4.63. The maximum atomic E-state index is 12.8. The maximum absolute atomic E-state index is 12.8. The van der Waals surface area contributed by atoms with Crippen LogP contribution in [0.3, 0.4) is 0 Å². The van der Waals surface area contributed by atoms with Crippen LogP contribution in [-0.4, -0.2) is 47.8 Å². The Labute approximate surface area is 211 Å². The minimum Gasteiger partial charge on any atom is -0.381 e. The average Bonchev–Trinajstić information content (AvgIpc) is 3.32. The quantitative estimate of drug-likeness (QED) is 0.316. The third-order valence-corrected chi connectivity index (χ3v) is 6.66. The van der Waals surface area contributed by atoms with Crippen molar-refractivity contribution in [2.75, 3.05) is 26.3 Å². The Morgan fingerprint density at radius 3 is 2.61 bits per heavy atom. The van der Waals surface area contributed by atoms with E-state index >= 15 is 0 Å². The molecule has 0 saturated carbocycles. The Morgan fingerprint density at radius 1 is 1.00 bits per heavy atom. The van der Waals surface area contributed by atoms with Gasteiger partial charge < -0.3 is 25.7 Å². The van der Waals surface area contributed by atoms with Crippen LogP contribution < -0.4 is 16.4 Å². The van der Waals surface area contributed by atoms with E-state index in [-0.39, 0.29) is 11.9 Å². The molecule has 5 rings (SSSR count). The van der Waals surface area contributed by atoms with Crippen molar-refractivity contribution in [3.05, 3.63) is 89.7 Å². The Kier molecular flexibility index (Phi) is 7.71. The smallest absolute Gasteiger partial charge is 0.251 e. The zero-order valence-corrected chi connectivity index (χ0v) is 20.5. The highest BCUT2D eigenvalue weighted by Crippen LogP contribution is 2.25. The van der Waals surface area contributed by atoms with Crippen LogP contribution in [-0.2, 0) is 17.8 Å². The number of fused-ring (bicyclic) bond motifs is 1. The zero-order valence-electron chi connectivity index (χ0n) is 20.5. The summed E-state index contributed by atoms with van der Waals surface area (Å²) in [5, 5.41) is 6.47. The molecule has 186 valence electrons. The van der Waals surface area contributed by atoms with Gasteiger partial charge in [0.1, 0.15) is 0 Å². The number of nitrogens with one attached hydrogen (secondary N) is 2. The Balaban J connectivity index is 1.31. The van der Waals surface area contributed by atoms with Gasteiger partial charge in [0.05, 0.1) is 17.4 Å². The highest BCUT2D eigenvalue weighted by molar-refractivity contribution is 5.94. The van der Waals surface area contributed by atoms with Crippen molar-refractivity contribution >= 4 is 16.9 Å². The number of ether oxygens (including phenoxy) is 1. The molecular formula is C29H33N5O2. The molecule has 0 unspecified atom stereocenters. The van der Waals surface area contributed by atoms with E-state index in [1.54, 1.807) is 0 Å². The van der Waals surface area contributed by atoms with E-state index in [4.69, 9.17) is 10.5 Å². The van der Waals surface area contributed by atoms with Gasteiger partial charge in [-0.25, -0.2) is 4.98 Å². The highest BCUT2D eigenvalue weighted by Gasteiger charge is 2.17. The molecule has 4 N–H and O–H groups in total. The molecule has 7 nitrogen and oxygen atoms in total. The lowest BCUT2D eigenvalue weighted by Gasteiger charge is -2.23. The van der Waals surface area contributed by atoms with Crippen molar-refractivity contribution in [2.45, 2.75) is 32.0 Å². The lowest BCUT2D eigenvalue weighted by molar-refractivity contribution is 0.0696. The van der Waals surface area contributed by atoms with Crippen LogP contribution in [0, 0.1) is 0 Å². The second kappa shape index (κ2) is 11.5. The number of benzene rings is 3. The topological polar surface area (TPSA) is 94.2 Å². The first-order chi connectivity index (χ1) is 17.7. The fourth-order valence-corrected chi connectivity index (χ4v) is 4.63. The van der Waals surface area contributed by atoms with E-state index in [1.807, 2.05) is 24.5 Å². The first kappa shape index (κ1) is 24.2. The van der Waals surface area contributed by atoms with Crippen LogP contribution in [0.4, 0.5) is 0 Å². The third kappa shape index (κ3) is 5.82. The van der Waals surface area contributed by atoms with Gasteiger partial charge in [-0.1, -0.05) is 42.5 Å². The van der Waals surface area contributed by atoms with E-state index < -0.39 is 0 Å². The van der Waals surface area contributed by atoms with Crippen LogP contribution in [0.25, 0.3) is 22.2 Å². The monoisotopic (exact) mass is 483 g/mol. The molecule has 1 amide bonds. The first-order valence-electron chi connectivity index (χ1n) is 12.6. The molecule has 0 aliphatic carbocycles. The van der Waals surface area contributed by atoms with Gasteiger partial charge in [-0.15, -0.1) is 0 Å². The van der Waals surface area contributed by atoms with Gasteiger partial charge in [-0.05, 0) is 59.4 Å². The normalized spacial score (nSPS) is 14.2. The molecule has 36 heavy (non-hydrogen) atoms. The van der Waals surface area contributed by atoms with E-state index in [0.29, 0.717) is 31.9 Å².